The number of aliphatic hydroxyl groups excluding tert-OH is 1. The molecule has 2 aliphatic heterocycles. The van der Waals surface area contributed by atoms with Crippen molar-refractivity contribution in [2.24, 2.45) is 0 Å². The van der Waals surface area contributed by atoms with E-state index < -0.39 is 108 Å². The van der Waals surface area contributed by atoms with Crippen molar-refractivity contribution in [3.63, 3.8) is 0 Å². The van der Waals surface area contributed by atoms with Gasteiger partial charge in [-0.15, -0.1) is 11.8 Å². The first kappa shape index (κ1) is 51.0. The molecule has 0 aromatic heterocycles. The monoisotopic (exact) mass is 904 g/mol. The van der Waals surface area contributed by atoms with Crippen LogP contribution >= 0.6 is 11.8 Å². The lowest BCUT2D eigenvalue weighted by Crippen LogP contribution is -2.68. The van der Waals surface area contributed by atoms with Crippen LogP contribution in [-0.4, -0.2) is 132 Å². The van der Waals surface area contributed by atoms with Gasteiger partial charge in [0.2, 0.25) is 0 Å². The van der Waals surface area contributed by atoms with Crippen LogP contribution in [0.15, 0.2) is 60.7 Å². The maximum atomic E-state index is 13.9. The van der Waals surface area contributed by atoms with Crippen LogP contribution in [0, 0.1) is 0 Å². The number of aliphatic hydroxyl groups is 1. The molecule has 2 aromatic rings. The summed E-state index contributed by atoms with van der Waals surface area (Å²) in [5.41, 5.74) is 0.864. The number of nitrogens with one attached hydrogen (secondary N) is 2. The van der Waals surface area contributed by atoms with Crippen LogP contribution in [-0.2, 0) is 84.6 Å². The average Bonchev–Trinajstić information content (AvgIpc) is 3.23. The van der Waals surface area contributed by atoms with Crippen LogP contribution in [0.4, 0.5) is 0 Å². The van der Waals surface area contributed by atoms with E-state index in [0.717, 1.165) is 25.0 Å². The Morgan fingerprint density at radius 1 is 0.651 bits per heavy atom. The number of hydrogen-bond acceptors (Lipinski definition) is 17. The lowest BCUT2D eigenvalue weighted by Gasteiger charge is -2.49. The predicted octanol–water partition coefficient (Wildman–Crippen LogP) is 2.89. The van der Waals surface area contributed by atoms with Gasteiger partial charge in [0, 0.05) is 40.5 Å². The van der Waals surface area contributed by atoms with E-state index in [0.29, 0.717) is 5.75 Å². The van der Waals surface area contributed by atoms with Crippen LogP contribution in [0.3, 0.4) is 0 Å². The van der Waals surface area contributed by atoms with E-state index in [1.807, 2.05) is 67.6 Å². The minimum Gasteiger partial charge on any atom is -0.466 e. The topological polar surface area (TPSA) is 230 Å². The summed E-state index contributed by atoms with van der Waals surface area (Å²) in [6, 6.07) is 16.5. The van der Waals surface area contributed by atoms with E-state index in [4.69, 9.17) is 42.6 Å². The van der Waals surface area contributed by atoms with Gasteiger partial charge in [-0.1, -0.05) is 67.6 Å². The molecule has 3 N–H and O–H groups in total. The molecule has 4 rings (SSSR count). The molecular weight excluding hydrogens is 845 g/mol. The summed E-state index contributed by atoms with van der Waals surface area (Å²) >= 11 is 1.41. The molecule has 18 nitrogen and oxygen atoms in total. The second-order valence-corrected chi connectivity index (χ2v) is 16.4. The second kappa shape index (κ2) is 25.6. The summed E-state index contributed by atoms with van der Waals surface area (Å²) in [7, 11) is 0. The Balaban J connectivity index is 1.67. The zero-order valence-corrected chi connectivity index (χ0v) is 37.4. The van der Waals surface area contributed by atoms with Crippen LogP contribution in [0.1, 0.15) is 72.4 Å². The van der Waals surface area contributed by atoms with Crippen molar-refractivity contribution in [1.29, 1.82) is 0 Å². The summed E-state index contributed by atoms with van der Waals surface area (Å²) in [6.07, 6.45) is -10.7. The van der Waals surface area contributed by atoms with E-state index >= 15 is 0 Å². The van der Waals surface area contributed by atoms with Crippen LogP contribution in [0.2, 0.25) is 0 Å². The van der Waals surface area contributed by atoms with E-state index in [2.05, 4.69) is 10.6 Å². The first-order valence-electron chi connectivity index (χ1n) is 20.9. The fraction of sp³-hybridized carbons (Fsp3) is 0.591. The highest BCUT2D eigenvalue weighted by atomic mass is 32.2. The van der Waals surface area contributed by atoms with Crippen molar-refractivity contribution in [3.8, 4) is 0 Å². The Bertz CT molecular complexity index is 1790. The van der Waals surface area contributed by atoms with E-state index in [-0.39, 0.29) is 39.3 Å². The summed E-state index contributed by atoms with van der Waals surface area (Å²) in [5, 5.41) is 17.9. The molecular formula is C44H60N2O16S. The van der Waals surface area contributed by atoms with Gasteiger partial charge in [0.25, 0.3) is 11.8 Å². The van der Waals surface area contributed by atoms with Crippen molar-refractivity contribution < 1.29 is 76.5 Å². The molecule has 2 saturated heterocycles. The standard InChI is InChI=1S/C44H60N2O16S/c1-8-63-44-40(39(57-24-32-17-13-10-14-18-32)36(26(3)59-44)46-42(53)34(61-30(7)50)20-22-55-28(5)48)62-43-37(51)38(56-23-31-15-11-9-12-16-31)35(25(2)58-43)45-41(52)33(60-29(6)49)19-21-54-27(4)47/h9-18,25-26,33-40,43-44,51H,8,19-24H2,1-7H3,(H,45,52)(H,46,53)/t25-,26-,33-,34-,35-,36-,37+,38+,39+,40+,43-,44-/m1/s1. The zero-order valence-electron chi connectivity index (χ0n) is 36.6. The average molecular weight is 905 g/mol. The van der Waals surface area contributed by atoms with E-state index in [1.165, 1.54) is 25.6 Å². The maximum Gasteiger partial charge on any atom is 0.303 e. The van der Waals surface area contributed by atoms with Gasteiger partial charge in [-0.05, 0) is 30.7 Å². The Hall–Kier alpha value is -4.63. The SMILES string of the molecule is CCS[C@H]1O[C@H](C)[C@@H](NC(=O)[C@@H](CCOC(C)=O)OC(C)=O)[C@H](OCc2ccccc2)[C@@H]1O[C@H]1O[C@H](C)[C@@H](NC(=O)[C@@H](CCOC(C)=O)OC(C)=O)[C@H](OCc2ccccc2)[C@@H]1O. The highest BCUT2D eigenvalue weighted by molar-refractivity contribution is 7.99. The summed E-state index contributed by atoms with van der Waals surface area (Å²) in [4.78, 5) is 74.6. The third-order valence-electron chi connectivity index (χ3n) is 10.0. The van der Waals surface area contributed by atoms with Crippen molar-refractivity contribution in [1.82, 2.24) is 10.6 Å². The fourth-order valence-corrected chi connectivity index (χ4v) is 8.06. The van der Waals surface area contributed by atoms with Crippen molar-refractivity contribution in [3.05, 3.63) is 71.8 Å². The third-order valence-corrected chi connectivity index (χ3v) is 11.0. The van der Waals surface area contributed by atoms with Crippen LogP contribution < -0.4 is 10.6 Å². The second-order valence-electron chi connectivity index (χ2n) is 15.0. The van der Waals surface area contributed by atoms with Crippen molar-refractivity contribution in [2.45, 2.75) is 147 Å². The lowest BCUT2D eigenvalue weighted by molar-refractivity contribution is -0.317. The summed E-state index contributed by atoms with van der Waals surface area (Å²) < 4.78 is 53.2. The van der Waals surface area contributed by atoms with Gasteiger partial charge >= 0.3 is 23.9 Å². The Morgan fingerprint density at radius 3 is 1.54 bits per heavy atom. The molecule has 2 heterocycles. The lowest BCUT2D eigenvalue weighted by atomic mass is 9.94. The Kier molecular flexibility index (Phi) is 20.7. The maximum absolute atomic E-state index is 13.9. The number of thioether (sulfide) groups is 1. The number of carbonyl (C=O) groups is 6. The number of esters is 4. The van der Waals surface area contributed by atoms with Crippen molar-refractivity contribution >= 4 is 47.5 Å². The molecule has 0 saturated carbocycles. The molecule has 0 aliphatic carbocycles. The normalized spacial score (nSPS) is 26.6. The molecule has 0 radical (unpaired) electrons. The molecule has 2 aromatic carbocycles. The molecule has 19 heteroatoms. The third kappa shape index (κ3) is 16.1. The Labute approximate surface area is 371 Å². The first-order chi connectivity index (χ1) is 30.1. The van der Waals surface area contributed by atoms with Gasteiger partial charge in [-0.2, -0.15) is 0 Å². The molecule has 0 unspecified atom stereocenters. The van der Waals surface area contributed by atoms with Gasteiger partial charge in [-0.3, -0.25) is 28.8 Å². The highest BCUT2D eigenvalue weighted by Gasteiger charge is 2.52. The number of hydrogen-bond donors (Lipinski definition) is 3. The quantitative estimate of drug-likeness (QED) is 0.114. The molecule has 348 valence electrons. The van der Waals surface area contributed by atoms with Gasteiger partial charge in [0.1, 0.15) is 29.9 Å². The fourth-order valence-electron chi connectivity index (χ4n) is 7.07. The molecule has 0 bridgehead atoms. The summed E-state index contributed by atoms with van der Waals surface area (Å²) in [6.45, 7) is 9.80. The highest BCUT2D eigenvalue weighted by Crippen LogP contribution is 2.36. The first-order valence-corrected chi connectivity index (χ1v) is 21.9. The van der Waals surface area contributed by atoms with E-state index in [1.54, 1.807) is 13.8 Å². The Morgan fingerprint density at radius 2 is 1.10 bits per heavy atom. The number of ether oxygens (including phenoxy) is 9. The molecule has 2 aliphatic rings. The number of amides is 2. The summed E-state index contributed by atoms with van der Waals surface area (Å²) in [5.74, 6) is -3.44. The largest absolute Gasteiger partial charge is 0.466 e. The molecule has 2 fully saturated rings. The number of carbonyl (C=O) groups excluding carboxylic acids is 6. The zero-order chi connectivity index (χ0) is 46.1. The molecule has 0 spiro atoms. The number of benzene rings is 2. The van der Waals surface area contributed by atoms with Crippen molar-refractivity contribution in [2.75, 3.05) is 19.0 Å². The van der Waals surface area contributed by atoms with Gasteiger partial charge in [0.05, 0.1) is 50.7 Å². The predicted molar refractivity (Wildman–Crippen MR) is 225 cm³/mol. The molecule has 12 atom stereocenters. The van der Waals surface area contributed by atoms with Crippen LogP contribution in [0.5, 0.6) is 0 Å². The minimum absolute atomic E-state index is 0.0183. The van der Waals surface area contributed by atoms with Gasteiger partial charge in [-0.25, -0.2) is 0 Å². The van der Waals surface area contributed by atoms with Crippen LogP contribution in [0.25, 0.3) is 0 Å². The minimum atomic E-state index is -1.56. The number of rotatable bonds is 22. The molecule has 63 heavy (non-hydrogen) atoms. The van der Waals surface area contributed by atoms with Gasteiger partial charge < -0.3 is 58.4 Å². The smallest absolute Gasteiger partial charge is 0.303 e. The van der Waals surface area contributed by atoms with Gasteiger partial charge in [0.15, 0.2) is 18.5 Å². The molecule has 2 amide bonds. The van der Waals surface area contributed by atoms with E-state index in [9.17, 15) is 33.9 Å².